The van der Waals surface area contributed by atoms with Gasteiger partial charge in [-0.1, -0.05) is 18.2 Å². The zero-order valence-corrected chi connectivity index (χ0v) is 17.7. The molecule has 3 heterocycles. The lowest BCUT2D eigenvalue weighted by Crippen LogP contribution is -2.50. The Morgan fingerprint density at radius 3 is 2.65 bits per heavy atom. The molecule has 1 aromatic carbocycles. The number of nitrogens with zero attached hydrogens (tertiary/aromatic N) is 3. The third-order valence-electron chi connectivity index (χ3n) is 5.67. The first-order valence-electron chi connectivity index (χ1n) is 10.8. The number of benzene rings is 1. The molecule has 0 N–H and O–H groups in total. The molecule has 2 aliphatic heterocycles. The van der Waals surface area contributed by atoms with E-state index in [2.05, 4.69) is 4.90 Å². The van der Waals surface area contributed by atoms with E-state index in [1.54, 1.807) is 17.0 Å². The highest BCUT2D eigenvalue weighted by atomic mass is 16.5. The second kappa shape index (κ2) is 10.5. The minimum atomic E-state index is -0.0932. The van der Waals surface area contributed by atoms with Crippen LogP contribution in [0, 0.1) is 0 Å². The maximum Gasteiger partial charge on any atom is 0.289 e. The van der Waals surface area contributed by atoms with Crippen molar-refractivity contribution >= 4 is 11.8 Å². The SMILES string of the molecule is O=C(COc1ccccc1)N1CCCN(CC2CN(C(=O)c3ccco3)CCO2)CC1. The summed E-state index contributed by atoms with van der Waals surface area (Å²) in [5, 5.41) is 0. The molecule has 0 aliphatic carbocycles. The summed E-state index contributed by atoms with van der Waals surface area (Å²) in [7, 11) is 0. The van der Waals surface area contributed by atoms with E-state index in [1.165, 1.54) is 6.26 Å². The van der Waals surface area contributed by atoms with Gasteiger partial charge in [0, 0.05) is 39.3 Å². The quantitative estimate of drug-likeness (QED) is 0.699. The van der Waals surface area contributed by atoms with Gasteiger partial charge in [0.25, 0.3) is 11.8 Å². The fourth-order valence-corrected chi connectivity index (χ4v) is 4.01. The molecule has 1 atom stereocenters. The molecule has 4 rings (SSSR count). The highest BCUT2D eigenvalue weighted by molar-refractivity contribution is 5.91. The Labute approximate surface area is 182 Å². The molecule has 0 bridgehead atoms. The van der Waals surface area contributed by atoms with E-state index < -0.39 is 0 Å². The predicted octanol–water partition coefficient (Wildman–Crippen LogP) is 1.73. The lowest BCUT2D eigenvalue weighted by molar-refractivity contribution is -0.133. The molecule has 0 saturated carbocycles. The molecule has 8 nitrogen and oxygen atoms in total. The predicted molar refractivity (Wildman–Crippen MR) is 114 cm³/mol. The number of carbonyl (C=O) groups excluding carboxylic acids is 2. The topological polar surface area (TPSA) is 75.5 Å². The van der Waals surface area contributed by atoms with Gasteiger partial charge in [-0.25, -0.2) is 0 Å². The maximum absolute atomic E-state index is 12.6. The zero-order valence-electron chi connectivity index (χ0n) is 17.7. The van der Waals surface area contributed by atoms with Crippen molar-refractivity contribution in [3.05, 3.63) is 54.5 Å². The van der Waals surface area contributed by atoms with Crippen LogP contribution in [0.3, 0.4) is 0 Å². The zero-order chi connectivity index (χ0) is 21.5. The molecule has 0 spiro atoms. The number of hydrogen-bond donors (Lipinski definition) is 0. The van der Waals surface area contributed by atoms with Gasteiger partial charge in [0.2, 0.25) is 0 Å². The van der Waals surface area contributed by atoms with Crippen molar-refractivity contribution in [1.29, 1.82) is 0 Å². The van der Waals surface area contributed by atoms with Crippen LogP contribution in [0.1, 0.15) is 17.0 Å². The summed E-state index contributed by atoms with van der Waals surface area (Å²) < 4.78 is 16.8. The van der Waals surface area contributed by atoms with Crippen molar-refractivity contribution in [1.82, 2.24) is 14.7 Å². The Balaban J connectivity index is 1.23. The van der Waals surface area contributed by atoms with Crippen molar-refractivity contribution in [2.45, 2.75) is 12.5 Å². The van der Waals surface area contributed by atoms with E-state index in [0.29, 0.717) is 37.8 Å². The molecule has 2 saturated heterocycles. The molecule has 31 heavy (non-hydrogen) atoms. The van der Waals surface area contributed by atoms with E-state index >= 15 is 0 Å². The van der Waals surface area contributed by atoms with E-state index in [9.17, 15) is 9.59 Å². The van der Waals surface area contributed by atoms with E-state index in [1.807, 2.05) is 35.2 Å². The first kappa shape index (κ1) is 21.4. The van der Waals surface area contributed by atoms with Gasteiger partial charge >= 0.3 is 0 Å². The van der Waals surface area contributed by atoms with E-state index in [-0.39, 0.29) is 24.5 Å². The molecule has 0 radical (unpaired) electrons. The van der Waals surface area contributed by atoms with Crippen LogP contribution in [0.2, 0.25) is 0 Å². The minimum absolute atomic E-state index is 0.00911. The smallest absolute Gasteiger partial charge is 0.289 e. The molecule has 2 amide bonds. The van der Waals surface area contributed by atoms with Crippen molar-refractivity contribution in [2.24, 2.45) is 0 Å². The highest BCUT2D eigenvalue weighted by Crippen LogP contribution is 2.14. The summed E-state index contributed by atoms with van der Waals surface area (Å²) >= 11 is 0. The lowest BCUT2D eigenvalue weighted by atomic mass is 10.2. The van der Waals surface area contributed by atoms with E-state index in [4.69, 9.17) is 13.9 Å². The molecule has 8 heteroatoms. The van der Waals surface area contributed by atoms with Gasteiger partial charge in [0.15, 0.2) is 12.4 Å². The Bertz CT molecular complexity index is 842. The summed E-state index contributed by atoms with van der Waals surface area (Å²) in [6, 6.07) is 12.8. The molecule has 166 valence electrons. The summed E-state index contributed by atoms with van der Waals surface area (Å²) in [5.74, 6) is 0.983. The van der Waals surface area contributed by atoms with Crippen LogP contribution in [-0.4, -0.2) is 91.6 Å². The Kier molecular flexibility index (Phi) is 7.22. The van der Waals surface area contributed by atoms with Crippen LogP contribution < -0.4 is 4.74 Å². The van der Waals surface area contributed by atoms with Crippen LogP contribution in [-0.2, 0) is 9.53 Å². The van der Waals surface area contributed by atoms with Crippen molar-refractivity contribution in [2.75, 3.05) is 59.0 Å². The van der Waals surface area contributed by atoms with Gasteiger partial charge in [-0.15, -0.1) is 0 Å². The number of rotatable bonds is 6. The first-order chi connectivity index (χ1) is 15.2. The molecule has 1 aromatic heterocycles. The Hall–Kier alpha value is -2.84. The largest absolute Gasteiger partial charge is 0.484 e. The second-order valence-electron chi connectivity index (χ2n) is 7.86. The summed E-state index contributed by atoms with van der Waals surface area (Å²) in [4.78, 5) is 31.1. The number of ether oxygens (including phenoxy) is 2. The Morgan fingerprint density at radius 2 is 1.84 bits per heavy atom. The van der Waals surface area contributed by atoms with Gasteiger partial charge in [-0.3, -0.25) is 14.5 Å². The number of para-hydroxylation sites is 1. The number of amides is 2. The van der Waals surface area contributed by atoms with E-state index in [0.717, 1.165) is 32.6 Å². The Morgan fingerprint density at radius 1 is 0.968 bits per heavy atom. The fourth-order valence-electron chi connectivity index (χ4n) is 4.01. The van der Waals surface area contributed by atoms with Crippen LogP contribution in [0.4, 0.5) is 0 Å². The normalized spacial score (nSPS) is 20.3. The van der Waals surface area contributed by atoms with Gasteiger partial charge in [0.05, 0.1) is 19.0 Å². The van der Waals surface area contributed by atoms with Gasteiger partial charge < -0.3 is 23.7 Å². The number of carbonyl (C=O) groups is 2. The van der Waals surface area contributed by atoms with Gasteiger partial charge in [-0.05, 0) is 37.2 Å². The number of morpholine rings is 1. The van der Waals surface area contributed by atoms with Crippen LogP contribution in [0.25, 0.3) is 0 Å². The van der Waals surface area contributed by atoms with Crippen molar-refractivity contribution in [3.8, 4) is 5.75 Å². The summed E-state index contributed by atoms with van der Waals surface area (Å²) in [5.41, 5.74) is 0. The molecular formula is C23H29N3O5. The summed E-state index contributed by atoms with van der Waals surface area (Å²) in [6.07, 6.45) is 2.37. The molecular weight excluding hydrogens is 398 g/mol. The second-order valence-corrected chi connectivity index (χ2v) is 7.86. The third-order valence-corrected chi connectivity index (χ3v) is 5.67. The molecule has 2 aliphatic rings. The third kappa shape index (κ3) is 5.86. The molecule has 2 aromatic rings. The van der Waals surface area contributed by atoms with Crippen molar-refractivity contribution < 1.29 is 23.5 Å². The molecule has 2 fully saturated rings. The number of furan rings is 1. The van der Waals surface area contributed by atoms with Crippen LogP contribution in [0.15, 0.2) is 53.1 Å². The minimum Gasteiger partial charge on any atom is -0.484 e. The van der Waals surface area contributed by atoms with Crippen LogP contribution >= 0.6 is 0 Å². The van der Waals surface area contributed by atoms with Crippen LogP contribution in [0.5, 0.6) is 5.75 Å². The fraction of sp³-hybridized carbons (Fsp3) is 0.478. The summed E-state index contributed by atoms with van der Waals surface area (Å²) in [6.45, 7) is 5.50. The average molecular weight is 428 g/mol. The molecule has 1 unspecified atom stereocenters. The van der Waals surface area contributed by atoms with Crippen molar-refractivity contribution in [3.63, 3.8) is 0 Å². The standard InChI is InChI=1S/C23H29N3O5/c27-22(18-31-19-6-2-1-3-7-19)25-10-5-9-24(11-12-25)16-20-17-26(13-15-29-20)23(28)21-8-4-14-30-21/h1-4,6-8,14,20H,5,9-13,15-18H2. The lowest BCUT2D eigenvalue weighted by Gasteiger charge is -2.35. The van der Waals surface area contributed by atoms with Gasteiger partial charge in [0.1, 0.15) is 5.75 Å². The number of hydrogen-bond acceptors (Lipinski definition) is 6. The first-order valence-corrected chi connectivity index (χ1v) is 10.8. The monoisotopic (exact) mass is 427 g/mol. The highest BCUT2D eigenvalue weighted by Gasteiger charge is 2.28. The maximum atomic E-state index is 12.6. The average Bonchev–Trinajstić information content (AvgIpc) is 3.25. The van der Waals surface area contributed by atoms with Gasteiger partial charge in [-0.2, -0.15) is 0 Å².